The van der Waals surface area contributed by atoms with Gasteiger partial charge in [-0.3, -0.25) is 4.79 Å². The van der Waals surface area contributed by atoms with E-state index in [0.717, 1.165) is 0 Å². The summed E-state index contributed by atoms with van der Waals surface area (Å²) in [5.74, 6) is 0.227. The van der Waals surface area contributed by atoms with E-state index in [2.05, 4.69) is 4.40 Å². The lowest BCUT2D eigenvalue weighted by Crippen LogP contribution is -2.37. The van der Waals surface area contributed by atoms with Gasteiger partial charge in [0.15, 0.2) is 0 Å². The minimum atomic E-state index is -3.34. The molecule has 0 saturated carbocycles. The monoisotopic (exact) mass is 255 g/mol. The van der Waals surface area contributed by atoms with Crippen LogP contribution in [0.15, 0.2) is 28.3 Å². The number of carbonyl (C=O) groups is 1. The standard InChI is InChI=1S/C10H13N3O3S/c1-12(2)10(14)8-3-4-9-11-17(15,16)6-5-13(9)7-8/h3-4,7H,5-6H2,1-2H3. The Hall–Kier alpha value is -1.63. The summed E-state index contributed by atoms with van der Waals surface area (Å²) in [7, 11) is -0.000887. The topological polar surface area (TPSA) is 70.1 Å². The minimum absolute atomic E-state index is 0.0235. The molecular formula is C10H13N3O3S. The molecule has 2 aliphatic heterocycles. The zero-order chi connectivity index (χ0) is 12.6. The fourth-order valence-corrected chi connectivity index (χ4v) is 2.56. The van der Waals surface area contributed by atoms with Gasteiger partial charge in [0.2, 0.25) is 0 Å². The van der Waals surface area contributed by atoms with Gasteiger partial charge in [0.1, 0.15) is 5.84 Å². The van der Waals surface area contributed by atoms with Crippen LogP contribution in [0.1, 0.15) is 0 Å². The van der Waals surface area contributed by atoms with E-state index in [4.69, 9.17) is 0 Å². The van der Waals surface area contributed by atoms with Crippen LogP contribution in [0.3, 0.4) is 0 Å². The quantitative estimate of drug-likeness (QED) is 0.637. The molecule has 0 unspecified atom stereocenters. The molecule has 6 nitrogen and oxygen atoms in total. The maximum Gasteiger partial charge on any atom is 0.256 e. The fraction of sp³-hybridized carbons (Fsp3) is 0.400. The average molecular weight is 255 g/mol. The number of amides is 1. The van der Waals surface area contributed by atoms with Gasteiger partial charge in [0.25, 0.3) is 15.9 Å². The molecule has 0 aromatic rings. The van der Waals surface area contributed by atoms with Crippen molar-refractivity contribution in [2.24, 2.45) is 4.40 Å². The highest BCUT2D eigenvalue weighted by molar-refractivity contribution is 7.90. The van der Waals surface area contributed by atoms with Gasteiger partial charge in [-0.1, -0.05) is 0 Å². The smallest absolute Gasteiger partial charge is 0.256 e. The molecule has 0 aromatic carbocycles. The van der Waals surface area contributed by atoms with E-state index in [1.165, 1.54) is 4.90 Å². The van der Waals surface area contributed by atoms with Crippen molar-refractivity contribution in [2.75, 3.05) is 26.4 Å². The predicted octanol–water partition coefficient (Wildman–Crippen LogP) is -0.428. The summed E-state index contributed by atoms with van der Waals surface area (Å²) < 4.78 is 26.2. The Morgan fingerprint density at radius 3 is 2.76 bits per heavy atom. The number of fused-ring (bicyclic) bond motifs is 1. The van der Waals surface area contributed by atoms with Crippen molar-refractivity contribution in [3.8, 4) is 0 Å². The molecule has 0 fully saturated rings. The summed E-state index contributed by atoms with van der Waals surface area (Å²) in [5, 5.41) is 0. The first-order valence-electron chi connectivity index (χ1n) is 5.10. The van der Waals surface area contributed by atoms with Crippen LogP contribution in [0.5, 0.6) is 0 Å². The summed E-state index contributed by atoms with van der Waals surface area (Å²) in [6, 6.07) is 0. The largest absolute Gasteiger partial charge is 0.345 e. The van der Waals surface area contributed by atoms with Gasteiger partial charge >= 0.3 is 0 Å². The fourth-order valence-electron chi connectivity index (χ4n) is 1.59. The van der Waals surface area contributed by atoms with Gasteiger partial charge in [-0.2, -0.15) is 0 Å². The maximum atomic E-state index is 11.7. The van der Waals surface area contributed by atoms with Crippen LogP contribution in [0.25, 0.3) is 0 Å². The highest BCUT2D eigenvalue weighted by atomic mass is 32.2. The lowest BCUT2D eigenvalue weighted by Gasteiger charge is -2.27. The molecule has 1 amide bonds. The Balaban J connectivity index is 2.30. The summed E-state index contributed by atoms with van der Waals surface area (Å²) >= 11 is 0. The number of carbonyl (C=O) groups excluding carboxylic acids is 1. The van der Waals surface area contributed by atoms with Crippen molar-refractivity contribution in [1.29, 1.82) is 0 Å². The Labute approximate surface area is 100.0 Å². The van der Waals surface area contributed by atoms with Crippen LogP contribution in [-0.2, 0) is 14.8 Å². The SMILES string of the molecule is CN(C)C(=O)C1=CN2CCS(=O)(=O)N=C2C=C1. The van der Waals surface area contributed by atoms with Crippen molar-refractivity contribution >= 4 is 21.8 Å². The normalized spacial score (nSPS) is 21.4. The van der Waals surface area contributed by atoms with Crippen LogP contribution in [-0.4, -0.2) is 56.4 Å². The second kappa shape index (κ2) is 3.99. The average Bonchev–Trinajstić information content (AvgIpc) is 2.26. The first-order valence-corrected chi connectivity index (χ1v) is 6.71. The first-order chi connectivity index (χ1) is 7.89. The Kier molecular flexibility index (Phi) is 2.78. The van der Waals surface area contributed by atoms with Crippen molar-refractivity contribution < 1.29 is 13.2 Å². The molecule has 92 valence electrons. The molecule has 2 heterocycles. The highest BCUT2D eigenvalue weighted by Gasteiger charge is 2.25. The Bertz CT molecular complexity index is 543. The van der Waals surface area contributed by atoms with Gasteiger partial charge in [-0.15, -0.1) is 4.40 Å². The molecule has 17 heavy (non-hydrogen) atoms. The predicted molar refractivity (Wildman–Crippen MR) is 63.8 cm³/mol. The Morgan fingerprint density at radius 2 is 2.12 bits per heavy atom. The third-order valence-corrected chi connectivity index (χ3v) is 3.64. The van der Waals surface area contributed by atoms with E-state index < -0.39 is 10.0 Å². The highest BCUT2D eigenvalue weighted by Crippen LogP contribution is 2.16. The number of hydrogen-bond acceptors (Lipinski definition) is 4. The zero-order valence-electron chi connectivity index (χ0n) is 9.62. The third kappa shape index (κ3) is 2.38. The van der Waals surface area contributed by atoms with Crippen LogP contribution < -0.4 is 0 Å². The van der Waals surface area contributed by atoms with E-state index in [1.807, 2.05) is 0 Å². The first kappa shape index (κ1) is 11.8. The second-order valence-electron chi connectivity index (χ2n) is 4.05. The van der Waals surface area contributed by atoms with E-state index in [9.17, 15) is 13.2 Å². The van der Waals surface area contributed by atoms with Gasteiger partial charge in [-0.05, 0) is 12.2 Å². The molecule has 2 aliphatic rings. The molecule has 0 bridgehead atoms. The summed E-state index contributed by atoms with van der Waals surface area (Å²) in [6.45, 7) is 0.329. The van der Waals surface area contributed by atoms with E-state index in [1.54, 1.807) is 37.3 Å². The van der Waals surface area contributed by atoms with Crippen molar-refractivity contribution in [1.82, 2.24) is 9.80 Å². The Morgan fingerprint density at radius 1 is 1.41 bits per heavy atom. The van der Waals surface area contributed by atoms with E-state index in [-0.39, 0.29) is 11.7 Å². The molecule has 0 aliphatic carbocycles. The molecule has 0 aromatic heterocycles. The molecule has 7 heteroatoms. The van der Waals surface area contributed by atoms with Gasteiger partial charge in [-0.25, -0.2) is 8.42 Å². The minimum Gasteiger partial charge on any atom is -0.345 e. The van der Waals surface area contributed by atoms with Crippen LogP contribution in [0.2, 0.25) is 0 Å². The molecule has 0 atom stereocenters. The van der Waals surface area contributed by atoms with Crippen LogP contribution in [0, 0.1) is 0 Å². The molecule has 0 N–H and O–H groups in total. The van der Waals surface area contributed by atoms with E-state index in [0.29, 0.717) is 18.0 Å². The zero-order valence-corrected chi connectivity index (χ0v) is 10.4. The number of amidine groups is 1. The summed E-state index contributed by atoms with van der Waals surface area (Å²) in [4.78, 5) is 14.9. The van der Waals surface area contributed by atoms with E-state index >= 15 is 0 Å². The molecule has 0 spiro atoms. The van der Waals surface area contributed by atoms with Crippen LogP contribution >= 0.6 is 0 Å². The number of hydrogen-bond donors (Lipinski definition) is 0. The second-order valence-corrected chi connectivity index (χ2v) is 5.80. The summed E-state index contributed by atoms with van der Waals surface area (Å²) in [5.41, 5.74) is 0.522. The lowest BCUT2D eigenvalue weighted by molar-refractivity contribution is -0.124. The molecular weight excluding hydrogens is 242 g/mol. The van der Waals surface area contributed by atoms with Gasteiger partial charge in [0, 0.05) is 26.8 Å². The van der Waals surface area contributed by atoms with Gasteiger partial charge < -0.3 is 9.80 Å². The lowest BCUT2D eigenvalue weighted by atomic mass is 10.1. The third-order valence-electron chi connectivity index (χ3n) is 2.48. The van der Waals surface area contributed by atoms with Crippen molar-refractivity contribution in [3.63, 3.8) is 0 Å². The van der Waals surface area contributed by atoms with Gasteiger partial charge in [0.05, 0.1) is 11.3 Å². The number of sulfonamides is 1. The van der Waals surface area contributed by atoms with Crippen molar-refractivity contribution in [3.05, 3.63) is 23.9 Å². The maximum absolute atomic E-state index is 11.7. The number of rotatable bonds is 1. The number of nitrogens with zero attached hydrogens (tertiary/aromatic N) is 3. The molecule has 0 saturated heterocycles. The molecule has 2 rings (SSSR count). The molecule has 0 radical (unpaired) electrons. The van der Waals surface area contributed by atoms with Crippen molar-refractivity contribution in [2.45, 2.75) is 0 Å². The summed E-state index contributed by atoms with van der Waals surface area (Å²) in [6.07, 6.45) is 4.77. The number of likely N-dealkylation sites (N-methyl/N-ethyl adjacent to an activating group) is 1. The van der Waals surface area contributed by atoms with Crippen LogP contribution in [0.4, 0.5) is 0 Å².